The fraction of sp³-hybridized carbons (Fsp3) is 0.588. The smallest absolute Gasteiger partial charge is 0.222 e. The summed E-state index contributed by atoms with van der Waals surface area (Å²) in [4.78, 5) is 14.5. The van der Waals surface area contributed by atoms with Crippen LogP contribution in [0.1, 0.15) is 38.7 Å². The Labute approximate surface area is 122 Å². The molecule has 2 atom stereocenters. The van der Waals surface area contributed by atoms with E-state index in [-0.39, 0.29) is 6.04 Å². The van der Waals surface area contributed by atoms with Crippen molar-refractivity contribution in [2.24, 2.45) is 0 Å². The van der Waals surface area contributed by atoms with Gasteiger partial charge < -0.3 is 10.2 Å². The number of hydrogen-bond donors (Lipinski definition) is 1. The quantitative estimate of drug-likeness (QED) is 0.895. The number of nitrogens with zero attached hydrogens (tertiary/aromatic N) is 1. The van der Waals surface area contributed by atoms with E-state index in [1.165, 1.54) is 5.56 Å². The first-order valence-electron chi connectivity index (χ1n) is 7.77. The molecule has 2 rings (SSSR count). The average molecular weight is 274 g/mol. The van der Waals surface area contributed by atoms with E-state index in [1.54, 1.807) is 0 Å². The van der Waals surface area contributed by atoms with Crippen LogP contribution in [-0.4, -0.2) is 36.0 Å². The minimum atomic E-state index is 0.290. The average Bonchev–Trinajstić information content (AvgIpc) is 2.47. The van der Waals surface area contributed by atoms with Gasteiger partial charge in [-0.2, -0.15) is 0 Å². The highest BCUT2D eigenvalue weighted by Gasteiger charge is 2.29. The molecular formula is C17H26N2O. The van der Waals surface area contributed by atoms with Crippen LogP contribution in [0.5, 0.6) is 0 Å². The van der Waals surface area contributed by atoms with Crippen molar-refractivity contribution in [1.82, 2.24) is 10.2 Å². The Hall–Kier alpha value is -1.35. The van der Waals surface area contributed by atoms with Gasteiger partial charge in [0.1, 0.15) is 0 Å². The predicted octanol–water partition coefficient (Wildman–Crippen LogP) is 2.61. The molecule has 0 radical (unpaired) electrons. The fourth-order valence-electron chi connectivity index (χ4n) is 2.80. The molecule has 1 aliphatic rings. The second-order valence-corrected chi connectivity index (χ2v) is 5.80. The summed E-state index contributed by atoms with van der Waals surface area (Å²) in [6.45, 7) is 6.02. The first-order chi connectivity index (χ1) is 9.70. The molecule has 1 fully saturated rings. The van der Waals surface area contributed by atoms with Gasteiger partial charge in [0, 0.05) is 31.6 Å². The molecule has 3 heteroatoms. The molecule has 1 aromatic rings. The number of unbranched alkanes of at least 4 members (excludes halogenated alkanes) is 1. The summed E-state index contributed by atoms with van der Waals surface area (Å²) < 4.78 is 0. The van der Waals surface area contributed by atoms with E-state index in [0.29, 0.717) is 18.4 Å². The topological polar surface area (TPSA) is 32.3 Å². The molecule has 1 aromatic carbocycles. The SMILES string of the molecule is CCCCC(=O)N1CC(C)NCC1Cc1ccccc1. The maximum absolute atomic E-state index is 12.4. The van der Waals surface area contributed by atoms with Crippen LogP contribution < -0.4 is 5.32 Å². The Kier molecular flexibility index (Phi) is 5.60. The number of piperazine rings is 1. The van der Waals surface area contributed by atoms with Crippen LogP contribution in [0, 0.1) is 0 Å². The number of hydrogen-bond acceptors (Lipinski definition) is 2. The first-order valence-corrected chi connectivity index (χ1v) is 7.77. The van der Waals surface area contributed by atoms with Gasteiger partial charge in [-0.15, -0.1) is 0 Å². The molecule has 3 nitrogen and oxygen atoms in total. The maximum Gasteiger partial charge on any atom is 0.222 e. The normalized spacial score (nSPS) is 22.8. The summed E-state index contributed by atoms with van der Waals surface area (Å²) in [6.07, 6.45) is 3.71. The summed E-state index contributed by atoms with van der Waals surface area (Å²) in [6, 6.07) is 11.1. The Morgan fingerprint density at radius 2 is 2.10 bits per heavy atom. The van der Waals surface area contributed by atoms with Crippen LogP contribution in [0.2, 0.25) is 0 Å². The van der Waals surface area contributed by atoms with Gasteiger partial charge in [0.2, 0.25) is 5.91 Å². The summed E-state index contributed by atoms with van der Waals surface area (Å²) >= 11 is 0. The first kappa shape index (κ1) is 15.0. The summed E-state index contributed by atoms with van der Waals surface area (Å²) in [5.41, 5.74) is 1.31. The van der Waals surface area contributed by atoms with E-state index in [0.717, 1.165) is 32.4 Å². The van der Waals surface area contributed by atoms with Crippen LogP contribution in [0.3, 0.4) is 0 Å². The molecule has 110 valence electrons. The lowest BCUT2D eigenvalue weighted by Gasteiger charge is -2.39. The van der Waals surface area contributed by atoms with Crippen LogP contribution in [0.15, 0.2) is 30.3 Å². The molecule has 0 bridgehead atoms. The number of nitrogens with one attached hydrogen (secondary N) is 1. The third-order valence-electron chi connectivity index (χ3n) is 3.99. The molecule has 0 aromatic heterocycles. The number of amides is 1. The third-order valence-corrected chi connectivity index (χ3v) is 3.99. The zero-order chi connectivity index (χ0) is 14.4. The van der Waals surface area contributed by atoms with Gasteiger partial charge in [0.25, 0.3) is 0 Å². The molecule has 20 heavy (non-hydrogen) atoms. The maximum atomic E-state index is 12.4. The lowest BCUT2D eigenvalue weighted by atomic mass is 10.0. The summed E-state index contributed by atoms with van der Waals surface area (Å²) in [7, 11) is 0. The van der Waals surface area contributed by atoms with Crippen LogP contribution >= 0.6 is 0 Å². The van der Waals surface area contributed by atoms with Crippen molar-refractivity contribution in [1.29, 1.82) is 0 Å². The lowest BCUT2D eigenvalue weighted by Crippen LogP contribution is -2.58. The highest BCUT2D eigenvalue weighted by Crippen LogP contribution is 2.15. The van der Waals surface area contributed by atoms with Crippen molar-refractivity contribution in [2.75, 3.05) is 13.1 Å². The molecule has 0 spiro atoms. The Morgan fingerprint density at radius 3 is 2.80 bits per heavy atom. The molecule has 1 saturated heterocycles. The van der Waals surface area contributed by atoms with Crippen LogP contribution in [-0.2, 0) is 11.2 Å². The van der Waals surface area contributed by atoms with Crippen molar-refractivity contribution in [3.05, 3.63) is 35.9 Å². The Morgan fingerprint density at radius 1 is 1.35 bits per heavy atom. The van der Waals surface area contributed by atoms with E-state index in [4.69, 9.17) is 0 Å². The second kappa shape index (κ2) is 7.44. The second-order valence-electron chi connectivity index (χ2n) is 5.80. The van der Waals surface area contributed by atoms with Crippen molar-refractivity contribution in [3.8, 4) is 0 Å². The van der Waals surface area contributed by atoms with E-state index in [9.17, 15) is 4.79 Å². The minimum Gasteiger partial charge on any atom is -0.337 e. The molecular weight excluding hydrogens is 248 g/mol. The molecule has 1 aliphatic heterocycles. The molecule has 0 aliphatic carbocycles. The molecule has 0 saturated carbocycles. The van der Waals surface area contributed by atoms with Gasteiger partial charge in [-0.3, -0.25) is 4.79 Å². The van der Waals surface area contributed by atoms with Crippen LogP contribution in [0.4, 0.5) is 0 Å². The van der Waals surface area contributed by atoms with Crippen molar-refractivity contribution in [2.45, 2.75) is 51.6 Å². The number of carbonyl (C=O) groups excluding carboxylic acids is 1. The number of rotatable bonds is 5. The summed E-state index contributed by atoms with van der Waals surface area (Å²) in [5.74, 6) is 0.320. The van der Waals surface area contributed by atoms with Crippen molar-refractivity contribution in [3.63, 3.8) is 0 Å². The highest BCUT2D eigenvalue weighted by molar-refractivity contribution is 5.76. The van der Waals surface area contributed by atoms with Gasteiger partial charge in [-0.25, -0.2) is 0 Å². The lowest BCUT2D eigenvalue weighted by molar-refractivity contribution is -0.135. The molecule has 1 heterocycles. The zero-order valence-corrected chi connectivity index (χ0v) is 12.6. The van der Waals surface area contributed by atoms with E-state index < -0.39 is 0 Å². The van der Waals surface area contributed by atoms with E-state index in [2.05, 4.69) is 48.3 Å². The monoisotopic (exact) mass is 274 g/mol. The standard InChI is InChI=1S/C17H26N2O/c1-3-4-10-17(20)19-13-14(2)18-12-16(19)11-15-8-6-5-7-9-15/h5-9,14,16,18H,3-4,10-13H2,1-2H3. The van der Waals surface area contributed by atoms with Crippen molar-refractivity contribution >= 4 is 5.91 Å². The number of carbonyl (C=O) groups is 1. The predicted molar refractivity (Wildman–Crippen MR) is 82.6 cm³/mol. The highest BCUT2D eigenvalue weighted by atomic mass is 16.2. The van der Waals surface area contributed by atoms with Crippen LogP contribution in [0.25, 0.3) is 0 Å². The number of benzene rings is 1. The molecule has 1 N–H and O–H groups in total. The van der Waals surface area contributed by atoms with E-state index >= 15 is 0 Å². The molecule has 1 amide bonds. The van der Waals surface area contributed by atoms with Gasteiger partial charge >= 0.3 is 0 Å². The van der Waals surface area contributed by atoms with Gasteiger partial charge in [0.05, 0.1) is 0 Å². The Bertz CT molecular complexity index is 418. The fourth-order valence-corrected chi connectivity index (χ4v) is 2.80. The van der Waals surface area contributed by atoms with E-state index in [1.807, 2.05) is 6.07 Å². The Balaban J connectivity index is 2.02. The van der Waals surface area contributed by atoms with Gasteiger partial charge in [-0.05, 0) is 25.3 Å². The molecule has 2 unspecified atom stereocenters. The largest absolute Gasteiger partial charge is 0.337 e. The van der Waals surface area contributed by atoms with Crippen molar-refractivity contribution < 1.29 is 4.79 Å². The summed E-state index contributed by atoms with van der Waals surface area (Å²) in [5, 5.41) is 3.50. The zero-order valence-electron chi connectivity index (χ0n) is 12.6. The van der Waals surface area contributed by atoms with Gasteiger partial charge in [-0.1, -0.05) is 43.7 Å². The third kappa shape index (κ3) is 4.07. The van der Waals surface area contributed by atoms with Gasteiger partial charge in [0.15, 0.2) is 0 Å². The minimum absolute atomic E-state index is 0.290.